The molecule has 2 aromatic carbocycles. The van der Waals surface area contributed by atoms with E-state index < -0.39 is 7.11 Å². The fourth-order valence-corrected chi connectivity index (χ4v) is 2.25. The lowest BCUT2D eigenvalue weighted by Crippen LogP contribution is -2.33. The van der Waals surface area contributed by atoms with Crippen molar-refractivity contribution in [2.45, 2.75) is 0 Å². The molecule has 0 unspecified atom stereocenters. The average Bonchev–Trinajstić information content (AvgIpc) is 2.59. The molecule has 0 radical (unpaired) electrons. The molecule has 0 fully saturated rings. The van der Waals surface area contributed by atoms with Crippen LogP contribution in [0.25, 0.3) is 12.2 Å². The van der Waals surface area contributed by atoms with Gasteiger partial charge in [0.15, 0.2) is 0 Å². The number of rotatable bonds is 4. The maximum Gasteiger partial charge on any atom is 0.995 e. The molecule has 3 rings (SSSR count). The van der Waals surface area contributed by atoms with Crippen molar-refractivity contribution < 1.29 is 27.8 Å². The largest absolute Gasteiger partial charge is 0.995 e. The third-order valence-corrected chi connectivity index (χ3v) is 3.50. The first-order valence-corrected chi connectivity index (χ1v) is 7.80. The second kappa shape index (κ2) is 7.27. The number of ketones is 1. The Morgan fingerprint density at radius 1 is 0.769 bits per heavy atom. The lowest BCUT2D eigenvalue weighted by Gasteiger charge is -2.16. The molecule has 0 saturated carbocycles. The Morgan fingerprint density at radius 3 is 1.81 bits per heavy atom. The van der Waals surface area contributed by atoms with Crippen LogP contribution >= 0.6 is 0 Å². The predicted molar refractivity (Wildman–Crippen MR) is 96.4 cm³/mol. The van der Waals surface area contributed by atoms with Crippen LogP contribution in [-0.4, -0.2) is 23.1 Å². The number of hydrogen-bond donors (Lipinski definition) is 2. The average molecular weight is 356 g/mol. The highest BCUT2D eigenvalue weighted by Gasteiger charge is 2.52. The first kappa shape index (κ1) is 17.5. The molecular weight excluding hydrogens is 341 g/mol. The molecule has 0 aromatic heterocycles. The highest BCUT2D eigenvalue weighted by Crippen LogP contribution is 2.21. The first-order valence-electron chi connectivity index (χ1n) is 7.80. The van der Waals surface area contributed by atoms with Gasteiger partial charge in [-0.2, -0.15) is 0 Å². The van der Waals surface area contributed by atoms with Crippen molar-refractivity contribution in [2.24, 2.45) is 0 Å². The number of hydrogen-bond acceptors (Lipinski definition) is 3. The van der Waals surface area contributed by atoms with Gasteiger partial charge in [0.1, 0.15) is 11.5 Å². The summed E-state index contributed by atoms with van der Waals surface area (Å²) in [4.78, 5) is 0. The van der Waals surface area contributed by atoms with E-state index >= 15 is 0 Å². The fourth-order valence-electron chi connectivity index (χ4n) is 2.25. The Balaban J connectivity index is 1.79. The van der Waals surface area contributed by atoms with Gasteiger partial charge in [0.05, 0.1) is 11.8 Å². The van der Waals surface area contributed by atoms with E-state index in [1.807, 2.05) is 0 Å². The SMILES string of the molecule is Oc1ccc(/C=C/C2=CC(/C=C/c3ccc(O)cc3)=[O+][B-](F)(F)O2)cc1. The molecule has 0 atom stereocenters. The lowest BCUT2D eigenvalue weighted by molar-refractivity contribution is -0.362. The standard InChI is InChI=1S/C19H15BF2O4/c21-20(22)25-18(11-5-14-1-7-16(23)8-2-14)13-19(26-20)12-6-15-3-9-17(24)10-4-15/h1-13,23-24H/b11-5+,12-6+. The predicted octanol–water partition coefficient (Wildman–Crippen LogP) is 4.22. The molecule has 0 aliphatic carbocycles. The summed E-state index contributed by atoms with van der Waals surface area (Å²) < 4.78 is 36.5. The summed E-state index contributed by atoms with van der Waals surface area (Å²) in [5.41, 5.74) is 1.44. The second-order valence-corrected chi connectivity index (χ2v) is 5.57. The molecule has 7 heteroatoms. The zero-order chi connectivity index (χ0) is 18.6. The van der Waals surface area contributed by atoms with E-state index in [2.05, 4.69) is 9.00 Å². The van der Waals surface area contributed by atoms with Gasteiger partial charge in [-0.15, -0.1) is 0 Å². The Labute approximate surface area is 148 Å². The molecule has 2 aromatic rings. The van der Waals surface area contributed by atoms with Gasteiger partial charge < -0.3 is 27.8 Å². The molecule has 26 heavy (non-hydrogen) atoms. The van der Waals surface area contributed by atoms with Crippen molar-refractivity contribution in [3.05, 3.63) is 83.6 Å². The van der Waals surface area contributed by atoms with E-state index in [9.17, 15) is 18.8 Å². The lowest BCUT2D eigenvalue weighted by atomic mass is 10.1. The van der Waals surface area contributed by atoms with E-state index in [1.165, 1.54) is 42.5 Å². The van der Waals surface area contributed by atoms with Crippen molar-refractivity contribution in [1.29, 1.82) is 0 Å². The molecule has 0 spiro atoms. The zero-order valence-electron chi connectivity index (χ0n) is 13.5. The minimum Gasteiger partial charge on any atom is -0.569 e. The Bertz CT molecular complexity index is 898. The van der Waals surface area contributed by atoms with Gasteiger partial charge in [0, 0.05) is 6.08 Å². The van der Waals surface area contributed by atoms with Crippen LogP contribution in [0.2, 0.25) is 0 Å². The number of phenolic OH excluding ortho intramolecular Hbond substituents is 2. The van der Waals surface area contributed by atoms with Gasteiger partial charge in [-0.25, -0.2) is 0 Å². The van der Waals surface area contributed by atoms with Crippen LogP contribution in [0, 0.1) is 0 Å². The molecule has 4 nitrogen and oxygen atoms in total. The fraction of sp³-hybridized carbons (Fsp3) is 0. The van der Waals surface area contributed by atoms with Crippen molar-refractivity contribution in [1.82, 2.24) is 0 Å². The van der Waals surface area contributed by atoms with Crippen LogP contribution in [0.3, 0.4) is 0 Å². The maximum atomic E-state index is 13.7. The molecule has 1 heterocycles. The summed E-state index contributed by atoms with van der Waals surface area (Å²) in [7, 11) is -4.46. The highest BCUT2D eigenvalue weighted by atomic mass is 19.3. The van der Waals surface area contributed by atoms with Crippen molar-refractivity contribution in [3.8, 4) is 11.5 Å². The van der Waals surface area contributed by atoms with Gasteiger partial charge in [-0.05, 0) is 47.5 Å². The van der Waals surface area contributed by atoms with E-state index in [0.717, 1.165) is 11.1 Å². The van der Waals surface area contributed by atoms with Crippen molar-refractivity contribution in [2.75, 3.05) is 0 Å². The summed E-state index contributed by atoms with van der Waals surface area (Å²) >= 11 is 0. The molecule has 132 valence electrons. The van der Waals surface area contributed by atoms with Crippen molar-refractivity contribution >= 4 is 25.0 Å². The van der Waals surface area contributed by atoms with Crippen LogP contribution in [0.15, 0.2) is 72.5 Å². The quantitative estimate of drug-likeness (QED) is 0.490. The van der Waals surface area contributed by atoms with Crippen LogP contribution in [0.5, 0.6) is 11.5 Å². The minimum atomic E-state index is -4.46. The van der Waals surface area contributed by atoms with E-state index in [1.54, 1.807) is 36.4 Å². The summed E-state index contributed by atoms with van der Waals surface area (Å²) in [5, 5.41) is 18.5. The molecule has 1 aliphatic heterocycles. The maximum absolute atomic E-state index is 13.7. The first-order chi connectivity index (χ1) is 12.4. The summed E-state index contributed by atoms with van der Waals surface area (Å²) in [6.45, 7) is 0. The van der Waals surface area contributed by atoms with Crippen molar-refractivity contribution in [3.63, 3.8) is 0 Å². The van der Waals surface area contributed by atoms with Gasteiger partial charge in [-0.3, -0.25) is 0 Å². The van der Waals surface area contributed by atoms with Gasteiger partial charge in [-0.1, -0.05) is 30.3 Å². The number of carbonyl (C=O) groups excluding carboxylic acids is 1. The monoisotopic (exact) mass is 356 g/mol. The summed E-state index contributed by atoms with van der Waals surface area (Å²) in [6, 6.07) is 12.6. The molecular formula is C19H15BF2O4. The second-order valence-electron chi connectivity index (χ2n) is 5.57. The number of allylic oxidation sites excluding steroid dienone is 3. The van der Waals surface area contributed by atoms with Crippen LogP contribution < -0.4 is 0 Å². The Morgan fingerprint density at radius 2 is 1.27 bits per heavy atom. The molecule has 0 saturated heterocycles. The summed E-state index contributed by atoms with van der Waals surface area (Å²) in [6.07, 6.45) is 7.33. The number of phenols is 2. The van der Waals surface area contributed by atoms with Crippen LogP contribution in [0.4, 0.5) is 8.63 Å². The normalized spacial score (nSPS) is 16.4. The topological polar surface area (TPSA) is 61.0 Å². The molecule has 2 N–H and O–H groups in total. The highest BCUT2D eigenvalue weighted by molar-refractivity contribution is 6.50. The molecule has 1 aliphatic rings. The van der Waals surface area contributed by atoms with Gasteiger partial charge >= 0.3 is 7.11 Å². The van der Waals surface area contributed by atoms with Gasteiger partial charge in [0.25, 0.3) is 5.78 Å². The van der Waals surface area contributed by atoms with E-state index in [4.69, 9.17) is 0 Å². The van der Waals surface area contributed by atoms with E-state index in [-0.39, 0.29) is 23.0 Å². The van der Waals surface area contributed by atoms with Crippen LogP contribution in [0.1, 0.15) is 11.1 Å². The zero-order valence-corrected chi connectivity index (χ0v) is 13.5. The van der Waals surface area contributed by atoms with Crippen LogP contribution in [-0.2, 0) is 9.00 Å². The minimum absolute atomic E-state index is 0.0420. The van der Waals surface area contributed by atoms with Gasteiger partial charge in [0.2, 0.25) is 0 Å². The number of aromatic hydroxyl groups is 2. The Hall–Kier alpha value is -3.35. The van der Waals surface area contributed by atoms with E-state index in [0.29, 0.717) is 0 Å². The molecule has 0 bridgehead atoms. The molecule has 0 amide bonds. The smallest absolute Gasteiger partial charge is 0.569 e. The third-order valence-electron chi connectivity index (χ3n) is 3.50. The number of benzene rings is 2. The Kier molecular flexibility index (Phi) is 4.88. The third kappa shape index (κ3) is 4.83. The number of halogens is 2. The summed E-state index contributed by atoms with van der Waals surface area (Å²) in [5.74, 6) is 0.154.